The molecule has 0 fully saturated rings. The fourth-order valence-electron chi connectivity index (χ4n) is 2.87. The number of nitrogens with two attached hydrogens (primary N) is 1. The van der Waals surface area contributed by atoms with Gasteiger partial charge in [0.15, 0.2) is 0 Å². The summed E-state index contributed by atoms with van der Waals surface area (Å²) < 4.78 is 2.18. The van der Waals surface area contributed by atoms with E-state index >= 15 is 0 Å². The van der Waals surface area contributed by atoms with Gasteiger partial charge >= 0.3 is 0 Å². The van der Waals surface area contributed by atoms with E-state index in [4.69, 9.17) is 5.73 Å². The molecule has 112 valence electrons. The normalized spacial score (nSPS) is 18.2. The predicted octanol–water partition coefficient (Wildman–Crippen LogP) is 0.935. The van der Waals surface area contributed by atoms with E-state index in [1.54, 1.807) is 0 Å². The molecule has 1 aromatic heterocycles. The SMILES string of the molecule is NCC(O)(CCN1CCn2ccnc2C1)c1ccccc1. The number of hydrogen-bond donors (Lipinski definition) is 2. The summed E-state index contributed by atoms with van der Waals surface area (Å²) in [4.78, 5) is 6.69. The fourth-order valence-corrected chi connectivity index (χ4v) is 2.87. The average Bonchev–Trinajstić information content (AvgIpc) is 3.01. The number of nitrogens with zero attached hydrogens (tertiary/aromatic N) is 3. The van der Waals surface area contributed by atoms with Gasteiger partial charge in [-0.05, 0) is 12.0 Å². The van der Waals surface area contributed by atoms with Crippen LogP contribution in [0.5, 0.6) is 0 Å². The lowest BCUT2D eigenvalue weighted by Gasteiger charge is -2.32. The van der Waals surface area contributed by atoms with Crippen LogP contribution in [0.1, 0.15) is 17.8 Å². The van der Waals surface area contributed by atoms with Gasteiger partial charge in [0.05, 0.1) is 6.54 Å². The second-order valence-electron chi connectivity index (χ2n) is 5.66. The average molecular weight is 286 g/mol. The molecule has 5 heteroatoms. The van der Waals surface area contributed by atoms with Crippen LogP contribution < -0.4 is 5.73 Å². The minimum absolute atomic E-state index is 0.236. The smallest absolute Gasteiger partial charge is 0.122 e. The maximum absolute atomic E-state index is 10.8. The standard InChI is InChI=1S/C16H22N4O/c17-13-16(21,14-4-2-1-3-5-14)6-8-19-10-11-20-9-7-18-15(20)12-19/h1-5,7,9,21H,6,8,10-13,17H2. The Hall–Kier alpha value is -1.69. The number of aliphatic hydroxyl groups is 1. The molecule has 1 aromatic carbocycles. The summed E-state index contributed by atoms with van der Waals surface area (Å²) in [6.45, 7) is 3.83. The topological polar surface area (TPSA) is 67.3 Å². The summed E-state index contributed by atoms with van der Waals surface area (Å²) in [7, 11) is 0. The van der Waals surface area contributed by atoms with E-state index in [0.29, 0.717) is 6.42 Å². The van der Waals surface area contributed by atoms with E-state index in [-0.39, 0.29) is 6.54 Å². The lowest BCUT2D eigenvalue weighted by molar-refractivity contribution is 0.0227. The van der Waals surface area contributed by atoms with Crippen molar-refractivity contribution < 1.29 is 5.11 Å². The molecule has 3 rings (SSSR count). The molecule has 1 atom stereocenters. The summed E-state index contributed by atoms with van der Waals surface area (Å²) in [6, 6.07) is 9.71. The Labute approximate surface area is 125 Å². The highest BCUT2D eigenvalue weighted by atomic mass is 16.3. The van der Waals surface area contributed by atoms with Crippen molar-refractivity contribution in [3.63, 3.8) is 0 Å². The molecule has 2 heterocycles. The molecule has 2 aromatic rings. The molecule has 0 amide bonds. The van der Waals surface area contributed by atoms with E-state index in [1.165, 1.54) is 0 Å². The van der Waals surface area contributed by atoms with Crippen LogP contribution in [-0.2, 0) is 18.7 Å². The Morgan fingerprint density at radius 2 is 2.05 bits per heavy atom. The largest absolute Gasteiger partial charge is 0.384 e. The summed E-state index contributed by atoms with van der Waals surface area (Å²) >= 11 is 0. The van der Waals surface area contributed by atoms with E-state index in [9.17, 15) is 5.11 Å². The highest BCUT2D eigenvalue weighted by Crippen LogP contribution is 2.24. The molecule has 1 aliphatic rings. The maximum atomic E-state index is 10.8. The Bertz CT molecular complexity index is 583. The number of fused-ring (bicyclic) bond motifs is 1. The van der Waals surface area contributed by atoms with Gasteiger partial charge in [0.25, 0.3) is 0 Å². The van der Waals surface area contributed by atoms with E-state index in [2.05, 4.69) is 14.5 Å². The summed E-state index contributed by atoms with van der Waals surface area (Å²) in [6.07, 6.45) is 4.50. The first-order valence-electron chi connectivity index (χ1n) is 7.42. The van der Waals surface area contributed by atoms with Gasteiger partial charge in [-0.2, -0.15) is 0 Å². The van der Waals surface area contributed by atoms with Crippen molar-refractivity contribution in [1.29, 1.82) is 0 Å². The number of hydrogen-bond acceptors (Lipinski definition) is 4. The van der Waals surface area contributed by atoms with Crippen LogP contribution in [0.2, 0.25) is 0 Å². The summed E-state index contributed by atoms with van der Waals surface area (Å²) in [5, 5.41) is 10.8. The second-order valence-corrected chi connectivity index (χ2v) is 5.66. The van der Waals surface area contributed by atoms with Crippen LogP contribution in [0.3, 0.4) is 0 Å². The van der Waals surface area contributed by atoms with Crippen molar-refractivity contribution in [2.24, 2.45) is 5.73 Å². The third kappa shape index (κ3) is 3.00. The van der Waals surface area contributed by atoms with Crippen LogP contribution in [-0.4, -0.2) is 39.2 Å². The number of benzene rings is 1. The summed E-state index contributed by atoms with van der Waals surface area (Å²) in [5.41, 5.74) is 5.77. The van der Waals surface area contributed by atoms with Crippen LogP contribution in [0.4, 0.5) is 0 Å². The van der Waals surface area contributed by atoms with Gasteiger partial charge in [0.1, 0.15) is 11.4 Å². The van der Waals surface area contributed by atoms with Crippen molar-refractivity contribution in [2.75, 3.05) is 19.6 Å². The predicted molar refractivity (Wildman–Crippen MR) is 81.5 cm³/mol. The second kappa shape index (κ2) is 5.97. The molecule has 0 aliphatic carbocycles. The molecule has 0 saturated carbocycles. The molecule has 21 heavy (non-hydrogen) atoms. The third-order valence-corrected chi connectivity index (χ3v) is 4.31. The van der Waals surface area contributed by atoms with Gasteiger partial charge < -0.3 is 15.4 Å². The van der Waals surface area contributed by atoms with E-state index in [1.807, 2.05) is 42.7 Å². The lowest BCUT2D eigenvalue weighted by Crippen LogP contribution is -2.41. The van der Waals surface area contributed by atoms with Crippen molar-refractivity contribution in [3.05, 3.63) is 54.1 Å². The molecular weight excluding hydrogens is 264 g/mol. The van der Waals surface area contributed by atoms with E-state index < -0.39 is 5.60 Å². The number of imidazole rings is 1. The van der Waals surface area contributed by atoms with Crippen LogP contribution in [0.25, 0.3) is 0 Å². The third-order valence-electron chi connectivity index (χ3n) is 4.31. The zero-order chi connectivity index (χ0) is 14.7. The van der Waals surface area contributed by atoms with Crippen molar-refractivity contribution in [2.45, 2.75) is 25.1 Å². The molecule has 0 radical (unpaired) electrons. The molecule has 0 spiro atoms. The Balaban J connectivity index is 1.64. The van der Waals surface area contributed by atoms with E-state index in [0.717, 1.165) is 37.6 Å². The van der Waals surface area contributed by atoms with Crippen LogP contribution in [0.15, 0.2) is 42.7 Å². The number of aromatic nitrogens is 2. The zero-order valence-electron chi connectivity index (χ0n) is 12.2. The first-order chi connectivity index (χ1) is 10.2. The molecular formula is C16H22N4O. The summed E-state index contributed by atoms with van der Waals surface area (Å²) in [5.74, 6) is 1.09. The highest BCUT2D eigenvalue weighted by molar-refractivity contribution is 5.22. The Kier molecular flexibility index (Phi) is 4.05. The van der Waals surface area contributed by atoms with Crippen LogP contribution >= 0.6 is 0 Å². The molecule has 0 bridgehead atoms. The highest BCUT2D eigenvalue weighted by Gasteiger charge is 2.28. The fraction of sp³-hybridized carbons (Fsp3) is 0.438. The molecule has 5 nitrogen and oxygen atoms in total. The molecule has 3 N–H and O–H groups in total. The first kappa shape index (κ1) is 14.3. The van der Waals surface area contributed by atoms with Crippen molar-refractivity contribution in [1.82, 2.24) is 14.5 Å². The van der Waals surface area contributed by atoms with Gasteiger partial charge in [-0.1, -0.05) is 30.3 Å². The number of rotatable bonds is 5. The molecule has 1 unspecified atom stereocenters. The maximum Gasteiger partial charge on any atom is 0.122 e. The Morgan fingerprint density at radius 3 is 2.81 bits per heavy atom. The monoisotopic (exact) mass is 286 g/mol. The zero-order valence-corrected chi connectivity index (χ0v) is 12.2. The van der Waals surface area contributed by atoms with Crippen molar-refractivity contribution >= 4 is 0 Å². The van der Waals surface area contributed by atoms with Gasteiger partial charge in [-0.15, -0.1) is 0 Å². The van der Waals surface area contributed by atoms with Gasteiger partial charge in [0, 0.05) is 38.6 Å². The minimum Gasteiger partial charge on any atom is -0.384 e. The molecule has 1 aliphatic heterocycles. The molecule has 0 saturated heterocycles. The first-order valence-corrected chi connectivity index (χ1v) is 7.42. The van der Waals surface area contributed by atoms with Crippen molar-refractivity contribution in [3.8, 4) is 0 Å². The Morgan fingerprint density at radius 1 is 1.24 bits per heavy atom. The lowest BCUT2D eigenvalue weighted by atomic mass is 9.90. The van der Waals surface area contributed by atoms with Gasteiger partial charge in [-0.25, -0.2) is 4.98 Å². The van der Waals surface area contributed by atoms with Gasteiger partial charge in [-0.3, -0.25) is 4.90 Å². The quantitative estimate of drug-likeness (QED) is 0.858. The van der Waals surface area contributed by atoms with Gasteiger partial charge in [0.2, 0.25) is 0 Å². The van der Waals surface area contributed by atoms with Crippen LogP contribution in [0, 0.1) is 0 Å². The minimum atomic E-state index is -0.950.